The molecule has 7 rings (SSSR count). The molecule has 11 heteroatoms. The van der Waals surface area contributed by atoms with Gasteiger partial charge in [0.25, 0.3) is 0 Å². The van der Waals surface area contributed by atoms with Crippen molar-refractivity contribution in [2.75, 3.05) is 34.0 Å². The summed E-state index contributed by atoms with van der Waals surface area (Å²) in [4.78, 5) is 0. The van der Waals surface area contributed by atoms with E-state index in [1.807, 2.05) is 13.8 Å². The first kappa shape index (κ1) is 31.6. The van der Waals surface area contributed by atoms with Crippen molar-refractivity contribution < 1.29 is 53.2 Å². The second-order valence-corrected chi connectivity index (χ2v) is 14.9. The van der Waals surface area contributed by atoms with Gasteiger partial charge < -0.3 is 53.2 Å². The third-order valence-corrected chi connectivity index (χ3v) is 11.7. The number of methoxy groups -OCH3 is 2. The van der Waals surface area contributed by atoms with Gasteiger partial charge in [0.2, 0.25) is 5.79 Å². The fourth-order valence-corrected chi connectivity index (χ4v) is 9.18. The Hall–Kier alpha value is -0.960. The highest BCUT2D eigenvalue weighted by Crippen LogP contribution is 2.59. The molecule has 0 aromatic heterocycles. The lowest BCUT2D eigenvalue weighted by Crippen LogP contribution is -2.70. The molecular formula is C33H50O11. The van der Waals surface area contributed by atoms with Crippen molar-refractivity contribution in [3.63, 3.8) is 0 Å². The maximum Gasteiger partial charge on any atom is 0.230 e. The number of ether oxygens (including phenoxy) is 8. The van der Waals surface area contributed by atoms with Crippen LogP contribution in [0, 0.1) is 23.2 Å². The molecular weight excluding hydrogens is 572 g/mol. The van der Waals surface area contributed by atoms with Gasteiger partial charge in [-0.25, -0.2) is 0 Å². The topological polar surface area (TPSA) is 138 Å². The maximum absolute atomic E-state index is 12.2. The molecule has 0 unspecified atom stereocenters. The molecule has 3 N–H and O–H groups in total. The second-order valence-electron chi connectivity index (χ2n) is 14.9. The Kier molecular flexibility index (Phi) is 7.75. The van der Waals surface area contributed by atoms with Crippen LogP contribution in [0.1, 0.15) is 60.3 Å². The highest BCUT2D eigenvalue weighted by atomic mass is 16.9. The molecule has 4 heterocycles. The van der Waals surface area contributed by atoms with E-state index in [2.05, 4.69) is 26.8 Å². The summed E-state index contributed by atoms with van der Waals surface area (Å²) in [6.45, 7) is 11.3. The number of epoxide rings is 1. The van der Waals surface area contributed by atoms with E-state index in [0.717, 1.165) is 30.4 Å². The third kappa shape index (κ3) is 4.49. The van der Waals surface area contributed by atoms with Gasteiger partial charge in [0.05, 0.1) is 25.9 Å². The minimum absolute atomic E-state index is 0.0440. The van der Waals surface area contributed by atoms with Crippen LogP contribution in [0.3, 0.4) is 0 Å². The molecule has 3 aliphatic carbocycles. The first-order valence-corrected chi connectivity index (χ1v) is 16.3. The van der Waals surface area contributed by atoms with E-state index in [1.165, 1.54) is 5.57 Å². The van der Waals surface area contributed by atoms with Crippen LogP contribution in [0.2, 0.25) is 0 Å². The quantitative estimate of drug-likeness (QED) is 0.271. The van der Waals surface area contributed by atoms with Crippen LogP contribution in [-0.2, 0) is 37.9 Å². The van der Waals surface area contributed by atoms with Crippen molar-refractivity contribution in [1.29, 1.82) is 0 Å². The van der Waals surface area contributed by atoms with E-state index in [1.54, 1.807) is 14.2 Å². The zero-order chi connectivity index (χ0) is 31.4. The maximum atomic E-state index is 12.2. The molecule has 248 valence electrons. The SMILES string of the molecule is COC[C@@H]1O[C@H](O[C@H]2C3=C(C(C)C)CC[C@]3(C)/C=C3\[C@@H](CC[C@@]3(O)COC)[C@H](C)[C@@H]2O)[C@@H](O)[C@@H]2O[C@@H]3O[C@]12O[C@@]3(C)[C@H]1CO1. The fourth-order valence-electron chi connectivity index (χ4n) is 9.18. The monoisotopic (exact) mass is 622 g/mol. The van der Waals surface area contributed by atoms with Crippen molar-refractivity contribution in [3.05, 3.63) is 22.8 Å². The molecule has 1 saturated carbocycles. The Morgan fingerprint density at radius 3 is 2.48 bits per heavy atom. The van der Waals surface area contributed by atoms with Crippen molar-refractivity contribution in [3.8, 4) is 0 Å². The normalized spacial score (nSPS) is 54.1. The Morgan fingerprint density at radius 1 is 1.07 bits per heavy atom. The first-order valence-electron chi connectivity index (χ1n) is 16.3. The summed E-state index contributed by atoms with van der Waals surface area (Å²) >= 11 is 0. The number of aliphatic hydroxyl groups excluding tert-OH is 2. The molecule has 0 radical (unpaired) electrons. The summed E-state index contributed by atoms with van der Waals surface area (Å²) in [6.07, 6.45) is -1.41. The van der Waals surface area contributed by atoms with Crippen molar-refractivity contribution in [2.45, 2.75) is 126 Å². The lowest BCUT2D eigenvalue weighted by atomic mass is 9.68. The molecule has 7 aliphatic rings. The highest BCUT2D eigenvalue weighted by Gasteiger charge is 2.77. The minimum atomic E-state index is -1.38. The van der Waals surface area contributed by atoms with Crippen molar-refractivity contribution in [2.24, 2.45) is 23.2 Å². The van der Waals surface area contributed by atoms with E-state index < -0.39 is 65.5 Å². The van der Waals surface area contributed by atoms with E-state index in [4.69, 9.17) is 37.9 Å². The average molecular weight is 623 g/mol. The van der Waals surface area contributed by atoms with E-state index in [0.29, 0.717) is 13.0 Å². The van der Waals surface area contributed by atoms with Gasteiger partial charge in [0.15, 0.2) is 12.6 Å². The molecule has 0 aromatic carbocycles. The standard InChI is InChI=1S/C33H50O11/c1-16(2)18-8-10-30(4)12-20-19(9-11-32(20,36)15-38-7)17(3)24(34)26(23(18)30)41-28-25(35)27-33(22(40-28)13-37-6)43-29(42-27)31(5,44-33)21-14-39-21/h12,16-17,19,21-22,24-29,34-36H,8-11,13-15H2,1-7H3/b20-12+/t17-,19-,21+,22-,24-,25-,26-,27-,28+,29+,30+,31-,32+,33-/m0/s1. The van der Waals surface area contributed by atoms with Gasteiger partial charge in [-0.3, -0.25) is 0 Å². The van der Waals surface area contributed by atoms with Crippen LogP contribution in [-0.4, -0.2) is 116 Å². The Bertz CT molecular complexity index is 1200. The molecule has 14 atom stereocenters. The minimum Gasteiger partial charge on any atom is -0.390 e. The fraction of sp³-hybridized carbons (Fsp3) is 0.879. The molecule has 4 aliphatic heterocycles. The summed E-state index contributed by atoms with van der Waals surface area (Å²) in [5, 5.41) is 35.7. The van der Waals surface area contributed by atoms with Gasteiger partial charge in [-0.15, -0.1) is 0 Å². The first-order chi connectivity index (χ1) is 20.8. The summed E-state index contributed by atoms with van der Waals surface area (Å²) in [6, 6.07) is 0. The zero-order valence-corrected chi connectivity index (χ0v) is 27.0. The van der Waals surface area contributed by atoms with Gasteiger partial charge >= 0.3 is 0 Å². The van der Waals surface area contributed by atoms with Gasteiger partial charge in [0.1, 0.15) is 41.7 Å². The Morgan fingerprint density at radius 2 is 1.82 bits per heavy atom. The number of aliphatic hydroxyl groups is 3. The molecule has 11 nitrogen and oxygen atoms in total. The molecule has 1 spiro atoms. The average Bonchev–Trinajstić information content (AvgIpc) is 3.48. The predicted molar refractivity (Wildman–Crippen MR) is 155 cm³/mol. The van der Waals surface area contributed by atoms with Crippen LogP contribution in [0.4, 0.5) is 0 Å². The van der Waals surface area contributed by atoms with Crippen LogP contribution >= 0.6 is 0 Å². The number of hydrogen-bond acceptors (Lipinski definition) is 11. The molecule has 5 fully saturated rings. The largest absolute Gasteiger partial charge is 0.390 e. The molecule has 0 amide bonds. The van der Waals surface area contributed by atoms with E-state index in [-0.39, 0.29) is 37.1 Å². The van der Waals surface area contributed by atoms with E-state index in [9.17, 15) is 15.3 Å². The van der Waals surface area contributed by atoms with Crippen LogP contribution in [0.25, 0.3) is 0 Å². The van der Waals surface area contributed by atoms with Gasteiger partial charge in [-0.1, -0.05) is 39.3 Å². The van der Waals surface area contributed by atoms with Gasteiger partial charge in [-0.05, 0) is 61.5 Å². The third-order valence-electron chi connectivity index (χ3n) is 11.7. The summed E-state index contributed by atoms with van der Waals surface area (Å²) in [5.41, 5.74) is 0.814. The summed E-state index contributed by atoms with van der Waals surface area (Å²) in [5.74, 6) is -1.45. The molecule has 2 bridgehead atoms. The molecule has 0 aromatic rings. The Labute approximate surface area is 259 Å². The van der Waals surface area contributed by atoms with Crippen LogP contribution in [0.15, 0.2) is 22.8 Å². The highest BCUT2D eigenvalue weighted by molar-refractivity contribution is 5.42. The smallest absolute Gasteiger partial charge is 0.230 e. The lowest BCUT2D eigenvalue weighted by Gasteiger charge is -2.50. The summed E-state index contributed by atoms with van der Waals surface area (Å²) in [7, 11) is 3.19. The predicted octanol–water partition coefficient (Wildman–Crippen LogP) is 2.21. The van der Waals surface area contributed by atoms with Crippen LogP contribution in [0.5, 0.6) is 0 Å². The van der Waals surface area contributed by atoms with Crippen LogP contribution < -0.4 is 0 Å². The number of fused-ring (bicyclic) bond motifs is 3. The van der Waals surface area contributed by atoms with E-state index >= 15 is 0 Å². The molecule has 44 heavy (non-hydrogen) atoms. The van der Waals surface area contributed by atoms with Gasteiger partial charge in [0, 0.05) is 19.6 Å². The number of hydrogen-bond donors (Lipinski definition) is 3. The van der Waals surface area contributed by atoms with Gasteiger partial charge in [-0.2, -0.15) is 0 Å². The molecule has 4 saturated heterocycles. The number of allylic oxidation sites excluding steroid dienone is 2. The summed E-state index contributed by atoms with van der Waals surface area (Å²) < 4.78 is 49.0. The second kappa shape index (κ2) is 10.8. The van der Waals surface area contributed by atoms with Crippen molar-refractivity contribution in [1.82, 2.24) is 0 Å². The van der Waals surface area contributed by atoms with Crippen molar-refractivity contribution >= 4 is 0 Å². The number of rotatable bonds is 8. The lowest BCUT2D eigenvalue weighted by molar-refractivity contribution is -0.385. The Balaban J connectivity index is 1.25. The zero-order valence-electron chi connectivity index (χ0n) is 27.0.